The summed E-state index contributed by atoms with van der Waals surface area (Å²) in [5.41, 5.74) is -0.300. The van der Waals surface area contributed by atoms with Crippen molar-refractivity contribution >= 4 is 23.1 Å². The van der Waals surface area contributed by atoms with E-state index in [2.05, 4.69) is 10.2 Å². The molecule has 0 aliphatic rings. The van der Waals surface area contributed by atoms with E-state index in [1.807, 2.05) is 6.92 Å². The number of hydrogen-bond acceptors (Lipinski definition) is 5. The second-order valence-corrected chi connectivity index (χ2v) is 6.00. The number of thioether (sulfide) groups is 1. The number of aliphatic hydroxyl groups excluding tert-OH is 1. The highest BCUT2D eigenvalue weighted by molar-refractivity contribution is 8.01. The van der Waals surface area contributed by atoms with Crippen LogP contribution >= 0.6 is 23.1 Å². The van der Waals surface area contributed by atoms with Crippen LogP contribution in [0.4, 0.5) is 8.78 Å². The number of rotatable bonds is 4. The summed E-state index contributed by atoms with van der Waals surface area (Å²) >= 11 is 2.60. The summed E-state index contributed by atoms with van der Waals surface area (Å²) in [4.78, 5) is 0. The van der Waals surface area contributed by atoms with Gasteiger partial charge in [-0.25, -0.2) is 8.78 Å². The van der Waals surface area contributed by atoms with Crippen LogP contribution in [-0.4, -0.2) is 21.1 Å². The van der Waals surface area contributed by atoms with Crippen molar-refractivity contribution in [2.75, 3.05) is 5.75 Å². The number of halogens is 2. The van der Waals surface area contributed by atoms with Gasteiger partial charge in [-0.15, -0.1) is 10.2 Å². The predicted molar refractivity (Wildman–Crippen MR) is 66.7 cm³/mol. The molecule has 0 spiro atoms. The van der Waals surface area contributed by atoms with E-state index < -0.39 is 17.7 Å². The van der Waals surface area contributed by atoms with E-state index in [1.54, 1.807) is 0 Å². The number of nitrogens with zero attached hydrogens (tertiary/aromatic N) is 2. The van der Waals surface area contributed by atoms with Gasteiger partial charge in [-0.3, -0.25) is 0 Å². The zero-order valence-electron chi connectivity index (χ0n) is 9.43. The predicted octanol–water partition coefficient (Wildman–Crippen LogP) is 2.95. The molecule has 7 heteroatoms. The van der Waals surface area contributed by atoms with E-state index in [4.69, 9.17) is 0 Å². The Balaban J connectivity index is 2.06. The maximum atomic E-state index is 13.4. The first-order chi connectivity index (χ1) is 8.58. The molecule has 0 aliphatic carbocycles. The van der Waals surface area contributed by atoms with Crippen molar-refractivity contribution in [3.05, 3.63) is 40.4 Å². The molecule has 1 aromatic heterocycles. The van der Waals surface area contributed by atoms with E-state index in [1.165, 1.54) is 29.2 Å². The molecule has 0 radical (unpaired) electrons. The Morgan fingerprint density at radius 2 is 2.00 bits per heavy atom. The molecule has 1 N–H and O–H groups in total. The standard InChI is InChI=1S/C11H10F2N2OS2/c1-6-14-15-11(18-6)17-5-9(16)10-7(12)3-2-4-8(10)13/h2-4,9,16H,5H2,1H3. The summed E-state index contributed by atoms with van der Waals surface area (Å²) in [6.07, 6.45) is -1.21. The van der Waals surface area contributed by atoms with Crippen LogP contribution < -0.4 is 0 Å². The lowest BCUT2D eigenvalue weighted by Crippen LogP contribution is -2.06. The first kappa shape index (κ1) is 13.4. The van der Waals surface area contributed by atoms with Gasteiger partial charge in [0.05, 0.1) is 11.7 Å². The molecule has 0 amide bonds. The third-order valence-electron chi connectivity index (χ3n) is 2.21. The Morgan fingerprint density at radius 1 is 1.33 bits per heavy atom. The van der Waals surface area contributed by atoms with Crippen molar-refractivity contribution in [1.29, 1.82) is 0 Å². The fraction of sp³-hybridized carbons (Fsp3) is 0.273. The molecule has 0 fully saturated rings. The minimum atomic E-state index is -1.21. The van der Waals surface area contributed by atoms with E-state index in [0.717, 1.165) is 17.1 Å². The molecular formula is C11H10F2N2OS2. The highest BCUT2D eigenvalue weighted by Crippen LogP contribution is 2.29. The number of aromatic nitrogens is 2. The van der Waals surface area contributed by atoms with Crippen molar-refractivity contribution < 1.29 is 13.9 Å². The first-order valence-electron chi connectivity index (χ1n) is 5.13. The Labute approximate surface area is 111 Å². The molecule has 2 rings (SSSR count). The van der Waals surface area contributed by atoms with Crippen molar-refractivity contribution in [1.82, 2.24) is 10.2 Å². The zero-order valence-corrected chi connectivity index (χ0v) is 11.1. The molecule has 2 aromatic rings. The second kappa shape index (κ2) is 5.73. The van der Waals surface area contributed by atoms with Crippen LogP contribution in [0.2, 0.25) is 0 Å². The normalized spacial score (nSPS) is 12.7. The smallest absolute Gasteiger partial charge is 0.174 e. The summed E-state index contributed by atoms with van der Waals surface area (Å²) < 4.78 is 27.5. The number of benzene rings is 1. The highest BCUT2D eigenvalue weighted by Gasteiger charge is 2.18. The Bertz CT molecular complexity index is 527. The first-order valence-corrected chi connectivity index (χ1v) is 6.93. The largest absolute Gasteiger partial charge is 0.387 e. The average Bonchev–Trinajstić information content (AvgIpc) is 2.72. The number of aliphatic hydroxyl groups is 1. The summed E-state index contributed by atoms with van der Waals surface area (Å²) in [6.45, 7) is 1.81. The van der Waals surface area contributed by atoms with Gasteiger partial charge in [0, 0.05) is 5.75 Å². The lowest BCUT2D eigenvalue weighted by molar-refractivity contribution is 0.193. The van der Waals surface area contributed by atoms with Gasteiger partial charge in [-0.05, 0) is 19.1 Å². The van der Waals surface area contributed by atoms with Gasteiger partial charge in [-0.2, -0.15) is 0 Å². The van der Waals surface area contributed by atoms with Crippen molar-refractivity contribution in [2.24, 2.45) is 0 Å². The minimum absolute atomic E-state index is 0.131. The zero-order chi connectivity index (χ0) is 13.1. The van der Waals surface area contributed by atoms with Gasteiger partial charge < -0.3 is 5.11 Å². The lowest BCUT2D eigenvalue weighted by atomic mass is 10.1. The van der Waals surface area contributed by atoms with Crippen LogP contribution in [0.5, 0.6) is 0 Å². The molecule has 1 heterocycles. The molecule has 0 saturated heterocycles. The van der Waals surface area contributed by atoms with Gasteiger partial charge >= 0.3 is 0 Å². The van der Waals surface area contributed by atoms with Crippen LogP contribution in [0, 0.1) is 18.6 Å². The number of hydrogen-bond donors (Lipinski definition) is 1. The van der Waals surface area contributed by atoms with E-state index >= 15 is 0 Å². The Morgan fingerprint density at radius 3 is 2.56 bits per heavy atom. The van der Waals surface area contributed by atoms with Crippen LogP contribution in [0.1, 0.15) is 16.7 Å². The molecule has 1 unspecified atom stereocenters. The Kier molecular flexibility index (Phi) is 4.26. The molecule has 1 atom stereocenters. The molecule has 0 aliphatic heterocycles. The van der Waals surface area contributed by atoms with Gasteiger partial charge in [0.25, 0.3) is 0 Å². The van der Waals surface area contributed by atoms with Crippen LogP contribution in [0.15, 0.2) is 22.5 Å². The summed E-state index contributed by atoms with van der Waals surface area (Å²) in [5.74, 6) is -1.35. The van der Waals surface area contributed by atoms with Gasteiger partial charge in [0.15, 0.2) is 4.34 Å². The van der Waals surface area contributed by atoms with Gasteiger partial charge in [-0.1, -0.05) is 29.2 Å². The van der Waals surface area contributed by atoms with E-state index in [0.29, 0.717) is 4.34 Å². The monoisotopic (exact) mass is 288 g/mol. The third kappa shape index (κ3) is 3.04. The fourth-order valence-electron chi connectivity index (χ4n) is 1.40. The average molecular weight is 288 g/mol. The summed E-state index contributed by atoms with van der Waals surface area (Å²) in [5, 5.41) is 18.3. The SMILES string of the molecule is Cc1nnc(SCC(O)c2c(F)cccc2F)s1. The summed E-state index contributed by atoms with van der Waals surface area (Å²) in [7, 11) is 0. The number of aryl methyl sites for hydroxylation is 1. The molecule has 96 valence electrons. The van der Waals surface area contributed by atoms with Gasteiger partial charge in [0.1, 0.15) is 16.6 Å². The van der Waals surface area contributed by atoms with Crippen molar-refractivity contribution in [2.45, 2.75) is 17.4 Å². The topological polar surface area (TPSA) is 46.0 Å². The fourth-order valence-corrected chi connectivity index (χ4v) is 3.18. The molecular weight excluding hydrogens is 278 g/mol. The quantitative estimate of drug-likeness (QED) is 0.879. The molecule has 18 heavy (non-hydrogen) atoms. The molecule has 0 saturated carbocycles. The van der Waals surface area contributed by atoms with E-state index in [-0.39, 0.29) is 11.3 Å². The molecule has 0 bridgehead atoms. The van der Waals surface area contributed by atoms with Crippen LogP contribution in [0.3, 0.4) is 0 Å². The van der Waals surface area contributed by atoms with Crippen molar-refractivity contribution in [3.8, 4) is 0 Å². The molecule has 3 nitrogen and oxygen atoms in total. The maximum absolute atomic E-state index is 13.4. The minimum Gasteiger partial charge on any atom is -0.387 e. The third-order valence-corrected chi connectivity index (χ3v) is 4.25. The van der Waals surface area contributed by atoms with Crippen LogP contribution in [0.25, 0.3) is 0 Å². The van der Waals surface area contributed by atoms with Crippen LogP contribution in [-0.2, 0) is 0 Å². The van der Waals surface area contributed by atoms with Crippen molar-refractivity contribution in [3.63, 3.8) is 0 Å². The Hall–Kier alpha value is -1.05. The van der Waals surface area contributed by atoms with E-state index in [9.17, 15) is 13.9 Å². The summed E-state index contributed by atoms with van der Waals surface area (Å²) in [6, 6.07) is 3.52. The molecule has 1 aromatic carbocycles. The highest BCUT2D eigenvalue weighted by atomic mass is 32.2. The lowest BCUT2D eigenvalue weighted by Gasteiger charge is -2.11. The maximum Gasteiger partial charge on any atom is 0.174 e. The second-order valence-electron chi connectivity index (χ2n) is 3.55. The van der Waals surface area contributed by atoms with Gasteiger partial charge in [0.2, 0.25) is 0 Å².